The molecule has 74 valence electrons. The molecule has 6 nitrogen and oxygen atoms in total. The third-order valence-corrected chi connectivity index (χ3v) is 1.99. The van der Waals surface area contributed by atoms with Crippen molar-refractivity contribution in [1.82, 2.24) is 9.97 Å². The van der Waals surface area contributed by atoms with E-state index in [2.05, 4.69) is 9.97 Å². The number of hydrogen-bond donors (Lipinski definition) is 2. The Hall–Kier alpha value is -1.68. The van der Waals surface area contributed by atoms with Crippen LogP contribution >= 0.6 is 11.8 Å². The lowest BCUT2D eigenvalue weighted by molar-refractivity contribution is 0.318. The first-order valence-electron chi connectivity index (χ1n) is 3.80. The summed E-state index contributed by atoms with van der Waals surface area (Å²) in [5.41, 5.74) is 10.9. The van der Waals surface area contributed by atoms with Crippen LogP contribution in [0.3, 0.4) is 0 Å². The van der Waals surface area contributed by atoms with Gasteiger partial charge in [0.2, 0.25) is 11.8 Å². The first-order valence-corrected chi connectivity index (χ1v) is 4.62. The highest BCUT2D eigenvalue weighted by atomic mass is 32.2. The molecule has 0 atom stereocenters. The summed E-state index contributed by atoms with van der Waals surface area (Å²) in [4.78, 5) is 7.97. The van der Waals surface area contributed by atoms with Crippen molar-refractivity contribution in [3.05, 3.63) is 0 Å². The summed E-state index contributed by atoms with van der Waals surface area (Å²) in [6, 6.07) is 0. The van der Waals surface area contributed by atoms with Crippen molar-refractivity contribution in [3.8, 4) is 11.3 Å². The number of anilines is 2. The molecular formula is C7H9N5OS. The Morgan fingerprint density at radius 3 is 2.79 bits per heavy atom. The first kappa shape index (κ1) is 10.4. The molecule has 0 aliphatic carbocycles. The lowest BCUT2D eigenvalue weighted by Crippen LogP contribution is -2.05. The maximum absolute atomic E-state index is 8.52. The Morgan fingerprint density at radius 1 is 1.50 bits per heavy atom. The molecule has 1 aromatic rings. The van der Waals surface area contributed by atoms with Gasteiger partial charge in [-0.2, -0.15) is 15.2 Å². The summed E-state index contributed by atoms with van der Waals surface area (Å²) in [7, 11) is 0. The average Bonchev–Trinajstić information content (AvgIpc) is 2.11. The van der Waals surface area contributed by atoms with Gasteiger partial charge in [0.1, 0.15) is 16.1 Å². The second-order valence-electron chi connectivity index (χ2n) is 2.23. The fraction of sp³-hybridized carbons (Fsp3) is 0.286. The zero-order valence-electron chi connectivity index (χ0n) is 7.52. The van der Waals surface area contributed by atoms with Crippen molar-refractivity contribution in [2.24, 2.45) is 0 Å². The third-order valence-electron chi connectivity index (χ3n) is 1.31. The fourth-order valence-electron chi connectivity index (χ4n) is 0.840. The van der Waals surface area contributed by atoms with E-state index in [1.54, 1.807) is 6.92 Å². The van der Waals surface area contributed by atoms with E-state index >= 15 is 0 Å². The minimum Gasteiger partial charge on any atom is -0.477 e. The van der Waals surface area contributed by atoms with E-state index in [0.29, 0.717) is 11.5 Å². The molecule has 1 aromatic heterocycles. The fourth-order valence-corrected chi connectivity index (χ4v) is 1.27. The first-order chi connectivity index (χ1) is 6.69. The number of aromatic nitrogens is 2. The summed E-state index contributed by atoms with van der Waals surface area (Å²) in [6.45, 7) is 2.23. The van der Waals surface area contributed by atoms with Gasteiger partial charge in [-0.05, 0) is 18.7 Å². The minimum atomic E-state index is 0.0354. The van der Waals surface area contributed by atoms with Crippen molar-refractivity contribution in [1.29, 1.82) is 5.26 Å². The summed E-state index contributed by atoms with van der Waals surface area (Å²) < 4.78 is 5.17. The van der Waals surface area contributed by atoms with E-state index in [4.69, 9.17) is 21.5 Å². The normalized spacial score (nSPS) is 9.43. The highest BCUT2D eigenvalue weighted by Crippen LogP contribution is 2.31. The highest BCUT2D eigenvalue weighted by molar-refractivity contribution is 8.04. The molecule has 0 fully saturated rings. The monoisotopic (exact) mass is 211 g/mol. The van der Waals surface area contributed by atoms with Gasteiger partial charge in [-0.25, -0.2) is 0 Å². The number of nitrogen functional groups attached to an aromatic ring is 2. The number of nitrogens with two attached hydrogens (primary N) is 2. The van der Waals surface area contributed by atoms with Crippen molar-refractivity contribution >= 4 is 23.5 Å². The van der Waals surface area contributed by atoms with E-state index in [1.807, 2.05) is 5.40 Å². The number of rotatable bonds is 3. The number of ether oxygens (including phenoxy) is 1. The minimum absolute atomic E-state index is 0.0354. The molecule has 0 radical (unpaired) electrons. The third kappa shape index (κ3) is 2.17. The van der Waals surface area contributed by atoms with Crippen LogP contribution in [0.4, 0.5) is 11.8 Å². The zero-order valence-corrected chi connectivity index (χ0v) is 8.34. The average molecular weight is 211 g/mol. The van der Waals surface area contributed by atoms with E-state index < -0.39 is 0 Å². The molecule has 0 spiro atoms. The molecule has 1 heterocycles. The predicted molar refractivity (Wildman–Crippen MR) is 53.5 cm³/mol. The van der Waals surface area contributed by atoms with E-state index in [-0.39, 0.29) is 17.6 Å². The van der Waals surface area contributed by atoms with Crippen LogP contribution in [0.15, 0.2) is 4.90 Å². The molecule has 7 heteroatoms. The smallest absolute Gasteiger partial charge is 0.235 e. The molecular weight excluding hydrogens is 202 g/mol. The topological polar surface area (TPSA) is 111 Å². The van der Waals surface area contributed by atoms with Gasteiger partial charge in [0.05, 0.1) is 6.61 Å². The maximum atomic E-state index is 8.52. The van der Waals surface area contributed by atoms with Crippen LogP contribution in [0, 0.1) is 10.7 Å². The number of nitriles is 1. The van der Waals surface area contributed by atoms with Gasteiger partial charge < -0.3 is 16.2 Å². The van der Waals surface area contributed by atoms with Gasteiger partial charge in [-0.1, -0.05) is 0 Å². The molecule has 0 aromatic carbocycles. The van der Waals surface area contributed by atoms with Gasteiger partial charge in [-0.3, -0.25) is 0 Å². The molecule has 0 aliphatic rings. The van der Waals surface area contributed by atoms with Crippen LogP contribution in [0.25, 0.3) is 0 Å². The number of hydrogen-bond acceptors (Lipinski definition) is 7. The van der Waals surface area contributed by atoms with Gasteiger partial charge in [0.15, 0.2) is 0 Å². The van der Waals surface area contributed by atoms with Crippen LogP contribution in [-0.2, 0) is 0 Å². The number of thioether (sulfide) groups is 1. The Morgan fingerprint density at radius 2 is 2.21 bits per heavy atom. The van der Waals surface area contributed by atoms with Crippen LogP contribution in [0.5, 0.6) is 5.88 Å². The summed E-state index contributed by atoms with van der Waals surface area (Å²) in [5, 5.41) is 10.4. The second kappa shape index (κ2) is 4.53. The molecule has 0 bridgehead atoms. The molecule has 0 unspecified atom stereocenters. The Kier molecular flexibility index (Phi) is 3.36. The lowest BCUT2D eigenvalue weighted by Gasteiger charge is -2.07. The Bertz CT molecular complexity index is 375. The van der Waals surface area contributed by atoms with Gasteiger partial charge in [-0.15, -0.1) is 0 Å². The zero-order chi connectivity index (χ0) is 10.6. The SMILES string of the molecule is CCOc1nc(N)nc(N)c1SC#N. The van der Waals surface area contributed by atoms with Crippen molar-refractivity contribution < 1.29 is 4.74 Å². The van der Waals surface area contributed by atoms with Crippen molar-refractivity contribution in [2.45, 2.75) is 11.8 Å². The van der Waals surface area contributed by atoms with E-state index in [1.165, 1.54) is 0 Å². The summed E-state index contributed by atoms with van der Waals surface area (Å²) >= 11 is 0.852. The molecule has 4 N–H and O–H groups in total. The molecule has 0 aliphatic heterocycles. The van der Waals surface area contributed by atoms with Gasteiger partial charge in [0, 0.05) is 0 Å². The van der Waals surface area contributed by atoms with Crippen LogP contribution < -0.4 is 16.2 Å². The molecule has 14 heavy (non-hydrogen) atoms. The molecule has 0 amide bonds. The molecule has 1 rings (SSSR count). The van der Waals surface area contributed by atoms with Crippen LogP contribution in [0.1, 0.15) is 6.92 Å². The Labute approximate surface area is 85.3 Å². The lowest BCUT2D eigenvalue weighted by atomic mass is 10.5. The van der Waals surface area contributed by atoms with E-state index in [9.17, 15) is 0 Å². The van der Waals surface area contributed by atoms with Crippen LogP contribution in [-0.4, -0.2) is 16.6 Å². The number of nitrogens with zero attached hydrogens (tertiary/aromatic N) is 3. The quantitative estimate of drug-likeness (QED) is 0.556. The Balaban J connectivity index is 3.16. The largest absolute Gasteiger partial charge is 0.477 e. The van der Waals surface area contributed by atoms with Gasteiger partial charge >= 0.3 is 0 Å². The van der Waals surface area contributed by atoms with Crippen molar-refractivity contribution in [2.75, 3.05) is 18.1 Å². The number of thiocyanates is 1. The summed E-state index contributed by atoms with van der Waals surface area (Å²) in [5.74, 6) is 0.449. The van der Waals surface area contributed by atoms with Crippen LogP contribution in [0.2, 0.25) is 0 Å². The molecule has 0 saturated heterocycles. The van der Waals surface area contributed by atoms with Gasteiger partial charge in [0.25, 0.3) is 0 Å². The second-order valence-corrected chi connectivity index (χ2v) is 3.02. The standard InChI is InChI=1S/C7H9N5OS/c1-2-13-6-4(14-3-8)5(9)11-7(10)12-6/h2H2,1H3,(H4,9,10,11,12). The highest BCUT2D eigenvalue weighted by Gasteiger charge is 2.12. The summed E-state index contributed by atoms with van der Waals surface area (Å²) in [6.07, 6.45) is 0. The maximum Gasteiger partial charge on any atom is 0.235 e. The van der Waals surface area contributed by atoms with E-state index in [0.717, 1.165) is 11.8 Å². The molecule has 0 saturated carbocycles. The van der Waals surface area contributed by atoms with Crippen molar-refractivity contribution in [3.63, 3.8) is 0 Å². The predicted octanol–water partition coefficient (Wildman–Crippen LogP) is 0.613.